The molecule has 6 heteroatoms. The Hall–Kier alpha value is -4.19. The predicted octanol–water partition coefficient (Wildman–Crippen LogP) is 5.27. The number of benzene rings is 3. The van der Waals surface area contributed by atoms with Crippen molar-refractivity contribution in [3.8, 4) is 50.9 Å². The van der Waals surface area contributed by atoms with Crippen LogP contribution in [0.2, 0.25) is 0 Å². The lowest BCUT2D eigenvalue weighted by molar-refractivity contribution is 0.324. The number of nitrogens with zero attached hydrogens (tertiary/aromatic N) is 1. The van der Waals surface area contributed by atoms with E-state index >= 15 is 0 Å². The standard InChI is InChI=1S/C26H25N3O3/c1-30-24-14-19(15-25(31-2)26(24)32-3)18-12-22(16-4-8-20(27)9-5-16)29-23(13-18)17-6-10-21(28)11-7-17/h4-15H,27-28H2,1-3H3. The molecular weight excluding hydrogens is 402 g/mol. The van der Waals surface area contributed by atoms with Crippen LogP contribution in [0.25, 0.3) is 33.6 Å². The van der Waals surface area contributed by atoms with Crippen molar-refractivity contribution in [3.05, 3.63) is 72.8 Å². The molecule has 0 radical (unpaired) electrons. The third kappa shape index (κ3) is 4.16. The van der Waals surface area contributed by atoms with Crippen molar-refractivity contribution in [2.75, 3.05) is 32.8 Å². The van der Waals surface area contributed by atoms with Crippen LogP contribution in [-0.4, -0.2) is 26.3 Å². The summed E-state index contributed by atoms with van der Waals surface area (Å²) in [6, 6.07) is 23.2. The summed E-state index contributed by atoms with van der Waals surface area (Å²) in [7, 11) is 4.80. The predicted molar refractivity (Wildman–Crippen MR) is 129 cm³/mol. The van der Waals surface area contributed by atoms with Crippen molar-refractivity contribution < 1.29 is 14.2 Å². The summed E-state index contributed by atoms with van der Waals surface area (Å²) in [5.74, 6) is 1.72. The Morgan fingerprint density at radius 2 is 0.938 bits per heavy atom. The van der Waals surface area contributed by atoms with Crippen molar-refractivity contribution in [3.63, 3.8) is 0 Å². The van der Waals surface area contributed by atoms with E-state index in [-0.39, 0.29) is 0 Å². The molecule has 32 heavy (non-hydrogen) atoms. The second kappa shape index (κ2) is 8.89. The Kier molecular flexibility index (Phi) is 5.85. The van der Waals surface area contributed by atoms with Gasteiger partial charge < -0.3 is 25.7 Å². The molecule has 0 bridgehead atoms. The normalized spacial score (nSPS) is 10.6. The van der Waals surface area contributed by atoms with E-state index < -0.39 is 0 Å². The molecular formula is C26H25N3O3. The number of anilines is 2. The first kappa shape index (κ1) is 21.1. The van der Waals surface area contributed by atoms with Gasteiger partial charge >= 0.3 is 0 Å². The molecule has 0 saturated carbocycles. The fourth-order valence-electron chi connectivity index (χ4n) is 3.55. The highest BCUT2D eigenvalue weighted by molar-refractivity contribution is 5.79. The Morgan fingerprint density at radius 1 is 0.531 bits per heavy atom. The molecule has 1 aromatic heterocycles. The van der Waals surface area contributed by atoms with Crippen molar-refractivity contribution >= 4 is 11.4 Å². The SMILES string of the molecule is COc1cc(-c2cc(-c3ccc(N)cc3)nc(-c3ccc(N)cc3)c2)cc(OC)c1OC. The summed E-state index contributed by atoms with van der Waals surface area (Å²) in [5, 5.41) is 0. The summed E-state index contributed by atoms with van der Waals surface area (Å²) in [5.41, 5.74) is 18.6. The fourth-order valence-corrected chi connectivity index (χ4v) is 3.55. The number of rotatable bonds is 6. The molecule has 1 heterocycles. The number of hydrogen-bond acceptors (Lipinski definition) is 6. The monoisotopic (exact) mass is 427 g/mol. The number of aromatic nitrogens is 1. The maximum atomic E-state index is 5.88. The topological polar surface area (TPSA) is 92.6 Å². The number of pyridine rings is 1. The summed E-state index contributed by atoms with van der Waals surface area (Å²) < 4.78 is 16.6. The molecule has 0 aliphatic rings. The first-order chi connectivity index (χ1) is 15.5. The molecule has 6 nitrogen and oxygen atoms in total. The molecule has 162 valence electrons. The third-order valence-electron chi connectivity index (χ3n) is 5.24. The quantitative estimate of drug-likeness (QED) is 0.407. The number of nitrogens with two attached hydrogens (primary N) is 2. The average Bonchev–Trinajstić information content (AvgIpc) is 2.83. The van der Waals surface area contributed by atoms with Gasteiger partial charge in [-0.25, -0.2) is 4.98 Å². The molecule has 3 aromatic carbocycles. The molecule has 0 spiro atoms. The van der Waals surface area contributed by atoms with E-state index in [0.717, 1.165) is 33.6 Å². The highest BCUT2D eigenvalue weighted by Crippen LogP contribution is 2.42. The van der Waals surface area contributed by atoms with E-state index in [0.29, 0.717) is 28.6 Å². The van der Waals surface area contributed by atoms with Crippen LogP contribution in [0, 0.1) is 0 Å². The lowest BCUT2D eigenvalue weighted by Gasteiger charge is -2.15. The van der Waals surface area contributed by atoms with Crippen LogP contribution >= 0.6 is 0 Å². The molecule has 4 rings (SSSR count). The second-order valence-electron chi connectivity index (χ2n) is 7.28. The smallest absolute Gasteiger partial charge is 0.203 e. The van der Waals surface area contributed by atoms with Gasteiger partial charge in [0.1, 0.15) is 0 Å². The van der Waals surface area contributed by atoms with Crippen LogP contribution in [-0.2, 0) is 0 Å². The molecule has 0 atom stereocenters. The van der Waals surface area contributed by atoms with Crippen molar-refractivity contribution in [1.29, 1.82) is 0 Å². The van der Waals surface area contributed by atoms with E-state index in [9.17, 15) is 0 Å². The van der Waals surface area contributed by atoms with Gasteiger partial charge in [0.2, 0.25) is 5.75 Å². The molecule has 4 aromatic rings. The van der Waals surface area contributed by atoms with Crippen LogP contribution in [0.15, 0.2) is 72.8 Å². The molecule has 0 aliphatic heterocycles. The van der Waals surface area contributed by atoms with Crippen LogP contribution in [0.4, 0.5) is 11.4 Å². The van der Waals surface area contributed by atoms with Gasteiger partial charge in [0, 0.05) is 22.5 Å². The van der Waals surface area contributed by atoms with Crippen LogP contribution in [0.1, 0.15) is 0 Å². The first-order valence-corrected chi connectivity index (χ1v) is 10.1. The van der Waals surface area contributed by atoms with Gasteiger partial charge in [-0.1, -0.05) is 24.3 Å². The van der Waals surface area contributed by atoms with E-state index in [1.165, 1.54) is 0 Å². The maximum absolute atomic E-state index is 5.88. The molecule has 0 aliphatic carbocycles. The Morgan fingerprint density at radius 3 is 1.31 bits per heavy atom. The zero-order chi connectivity index (χ0) is 22.7. The van der Waals surface area contributed by atoms with Crippen LogP contribution in [0.5, 0.6) is 17.2 Å². The highest BCUT2D eigenvalue weighted by Gasteiger charge is 2.16. The lowest BCUT2D eigenvalue weighted by Crippen LogP contribution is -1.97. The van der Waals surface area contributed by atoms with Crippen LogP contribution in [0.3, 0.4) is 0 Å². The largest absolute Gasteiger partial charge is 0.493 e. The zero-order valence-electron chi connectivity index (χ0n) is 18.3. The Labute approximate surface area is 187 Å². The third-order valence-corrected chi connectivity index (χ3v) is 5.24. The van der Waals surface area contributed by atoms with E-state index in [1.807, 2.05) is 72.8 Å². The minimum absolute atomic E-state index is 0.547. The van der Waals surface area contributed by atoms with Crippen molar-refractivity contribution in [1.82, 2.24) is 4.98 Å². The van der Waals surface area contributed by atoms with Crippen LogP contribution < -0.4 is 25.7 Å². The Bertz CT molecular complexity index is 1150. The number of methoxy groups -OCH3 is 3. The number of nitrogen functional groups attached to an aromatic ring is 2. The fraction of sp³-hybridized carbons (Fsp3) is 0.115. The van der Waals surface area contributed by atoms with E-state index in [2.05, 4.69) is 0 Å². The van der Waals surface area contributed by atoms with Crippen molar-refractivity contribution in [2.24, 2.45) is 0 Å². The second-order valence-corrected chi connectivity index (χ2v) is 7.28. The minimum Gasteiger partial charge on any atom is -0.493 e. The van der Waals surface area contributed by atoms with Gasteiger partial charge in [0.25, 0.3) is 0 Å². The summed E-state index contributed by atoms with van der Waals surface area (Å²) in [4.78, 5) is 4.91. The van der Waals surface area contributed by atoms with E-state index in [4.69, 9.17) is 30.7 Å². The molecule has 0 saturated heterocycles. The summed E-state index contributed by atoms with van der Waals surface area (Å²) in [6.07, 6.45) is 0. The van der Waals surface area contributed by atoms with Gasteiger partial charge in [-0.05, 0) is 59.7 Å². The van der Waals surface area contributed by atoms with Gasteiger partial charge in [-0.15, -0.1) is 0 Å². The van der Waals surface area contributed by atoms with Crippen molar-refractivity contribution in [2.45, 2.75) is 0 Å². The summed E-state index contributed by atoms with van der Waals surface area (Å²) in [6.45, 7) is 0. The maximum Gasteiger partial charge on any atom is 0.203 e. The average molecular weight is 428 g/mol. The molecule has 0 fully saturated rings. The van der Waals surface area contributed by atoms with Gasteiger partial charge in [-0.2, -0.15) is 0 Å². The molecule has 0 amide bonds. The van der Waals surface area contributed by atoms with Gasteiger partial charge in [0.05, 0.1) is 32.7 Å². The molecule has 4 N–H and O–H groups in total. The Balaban J connectivity index is 1.93. The first-order valence-electron chi connectivity index (χ1n) is 10.1. The lowest BCUT2D eigenvalue weighted by atomic mass is 9.99. The minimum atomic E-state index is 0.547. The number of hydrogen-bond donors (Lipinski definition) is 2. The van der Waals surface area contributed by atoms with Gasteiger partial charge in [0.15, 0.2) is 11.5 Å². The highest BCUT2D eigenvalue weighted by atomic mass is 16.5. The van der Waals surface area contributed by atoms with Gasteiger partial charge in [-0.3, -0.25) is 0 Å². The zero-order valence-corrected chi connectivity index (χ0v) is 18.3. The number of ether oxygens (including phenoxy) is 3. The molecule has 0 unspecified atom stereocenters. The van der Waals surface area contributed by atoms with E-state index in [1.54, 1.807) is 21.3 Å². The summed E-state index contributed by atoms with van der Waals surface area (Å²) >= 11 is 0.